The molecule has 2 rings (SSSR count). The van der Waals surface area contributed by atoms with Crippen molar-refractivity contribution in [3.63, 3.8) is 0 Å². The van der Waals surface area contributed by atoms with Gasteiger partial charge in [-0.15, -0.1) is 0 Å². The van der Waals surface area contributed by atoms with E-state index in [-0.39, 0.29) is 11.9 Å². The van der Waals surface area contributed by atoms with E-state index in [9.17, 15) is 4.39 Å². The number of rotatable bonds is 4. The van der Waals surface area contributed by atoms with Gasteiger partial charge in [-0.1, -0.05) is 6.07 Å². The average Bonchev–Trinajstić information content (AvgIpc) is 2.40. The van der Waals surface area contributed by atoms with Gasteiger partial charge in [0.15, 0.2) is 0 Å². The molecule has 0 saturated carbocycles. The molecule has 0 aliphatic rings. The number of aromatic nitrogens is 2. The van der Waals surface area contributed by atoms with Gasteiger partial charge in [0.25, 0.3) is 0 Å². The fourth-order valence-corrected chi connectivity index (χ4v) is 1.98. The van der Waals surface area contributed by atoms with Gasteiger partial charge in [-0.3, -0.25) is 0 Å². The summed E-state index contributed by atoms with van der Waals surface area (Å²) in [5, 5.41) is 11.1. The highest BCUT2D eigenvalue weighted by Gasteiger charge is 2.07. The number of nitrogens with one attached hydrogen (secondary N) is 1. The molecular formula is C13H13BrFN3. The maximum atomic E-state index is 13.1. The lowest BCUT2D eigenvalue weighted by Crippen LogP contribution is -2.19. The lowest BCUT2D eigenvalue weighted by atomic mass is 10.1. The Morgan fingerprint density at radius 2 is 2.22 bits per heavy atom. The maximum Gasteiger partial charge on any atom is 0.137 e. The highest BCUT2D eigenvalue weighted by molar-refractivity contribution is 9.10. The summed E-state index contributed by atoms with van der Waals surface area (Å²) in [6.07, 6.45) is 1.64. The van der Waals surface area contributed by atoms with Crippen molar-refractivity contribution < 1.29 is 4.39 Å². The second-order valence-corrected chi connectivity index (χ2v) is 4.85. The zero-order chi connectivity index (χ0) is 13.0. The molecule has 2 aromatic rings. The van der Waals surface area contributed by atoms with Crippen molar-refractivity contribution in [2.75, 3.05) is 0 Å². The van der Waals surface area contributed by atoms with Gasteiger partial charge in [0.2, 0.25) is 0 Å². The molecule has 5 heteroatoms. The highest BCUT2D eigenvalue weighted by Crippen LogP contribution is 2.21. The Labute approximate surface area is 114 Å². The predicted molar refractivity (Wildman–Crippen MR) is 71.4 cm³/mol. The molecule has 0 fully saturated rings. The zero-order valence-electron chi connectivity index (χ0n) is 9.90. The van der Waals surface area contributed by atoms with Crippen molar-refractivity contribution in [2.45, 2.75) is 19.5 Å². The number of hydrogen-bond acceptors (Lipinski definition) is 3. The van der Waals surface area contributed by atoms with Gasteiger partial charge in [0, 0.05) is 18.8 Å². The molecule has 0 radical (unpaired) electrons. The number of halogens is 2. The molecule has 1 unspecified atom stereocenters. The van der Waals surface area contributed by atoms with Crippen LogP contribution in [-0.2, 0) is 6.54 Å². The molecule has 94 valence electrons. The Balaban J connectivity index is 1.99. The average molecular weight is 310 g/mol. The number of hydrogen-bond donors (Lipinski definition) is 1. The number of nitrogens with zero attached hydrogens (tertiary/aromatic N) is 2. The minimum absolute atomic E-state index is 0.115. The van der Waals surface area contributed by atoms with Crippen molar-refractivity contribution in [1.29, 1.82) is 0 Å². The highest BCUT2D eigenvalue weighted by atomic mass is 79.9. The summed E-state index contributed by atoms with van der Waals surface area (Å²) in [5.74, 6) is -0.250. The summed E-state index contributed by atoms with van der Waals surface area (Å²) >= 11 is 3.19. The van der Waals surface area contributed by atoms with Crippen molar-refractivity contribution in [2.24, 2.45) is 0 Å². The minimum atomic E-state index is -0.250. The Bertz CT molecular complexity index is 519. The van der Waals surface area contributed by atoms with Gasteiger partial charge in [0.1, 0.15) is 5.82 Å². The van der Waals surface area contributed by atoms with E-state index in [1.165, 1.54) is 6.07 Å². The SMILES string of the molecule is CC(NCc1cccnn1)c1ccc(F)c(Br)c1. The van der Waals surface area contributed by atoms with Crippen LogP contribution in [0.15, 0.2) is 41.0 Å². The fraction of sp³-hybridized carbons (Fsp3) is 0.231. The molecule has 0 bridgehead atoms. The summed E-state index contributed by atoms with van der Waals surface area (Å²) in [6, 6.07) is 8.89. The van der Waals surface area contributed by atoms with E-state index >= 15 is 0 Å². The largest absolute Gasteiger partial charge is 0.304 e. The summed E-state index contributed by atoms with van der Waals surface area (Å²) in [4.78, 5) is 0. The first-order valence-electron chi connectivity index (χ1n) is 5.61. The normalized spacial score (nSPS) is 12.4. The van der Waals surface area contributed by atoms with Gasteiger partial charge < -0.3 is 5.32 Å². The van der Waals surface area contributed by atoms with E-state index < -0.39 is 0 Å². The van der Waals surface area contributed by atoms with Crippen LogP contribution in [0.2, 0.25) is 0 Å². The molecule has 1 aromatic carbocycles. The van der Waals surface area contributed by atoms with Crippen LogP contribution in [0.3, 0.4) is 0 Å². The first-order chi connectivity index (χ1) is 8.66. The van der Waals surface area contributed by atoms with E-state index in [2.05, 4.69) is 31.4 Å². The molecule has 1 aromatic heterocycles. The first kappa shape index (κ1) is 13.1. The van der Waals surface area contributed by atoms with E-state index in [4.69, 9.17) is 0 Å². The zero-order valence-corrected chi connectivity index (χ0v) is 11.5. The van der Waals surface area contributed by atoms with Crippen molar-refractivity contribution >= 4 is 15.9 Å². The quantitative estimate of drug-likeness (QED) is 0.942. The topological polar surface area (TPSA) is 37.8 Å². The molecule has 0 spiro atoms. The van der Waals surface area contributed by atoms with Crippen LogP contribution in [0.25, 0.3) is 0 Å². The van der Waals surface area contributed by atoms with Gasteiger partial charge in [0.05, 0.1) is 10.2 Å². The third kappa shape index (κ3) is 3.34. The van der Waals surface area contributed by atoms with Crippen LogP contribution in [0, 0.1) is 5.82 Å². The molecule has 1 heterocycles. The summed E-state index contributed by atoms with van der Waals surface area (Å²) in [7, 11) is 0. The van der Waals surface area contributed by atoms with Crippen LogP contribution in [0.1, 0.15) is 24.2 Å². The molecule has 1 N–H and O–H groups in total. The second kappa shape index (κ2) is 6.02. The van der Waals surface area contributed by atoms with Crippen LogP contribution < -0.4 is 5.32 Å². The Morgan fingerprint density at radius 1 is 1.39 bits per heavy atom. The Morgan fingerprint density at radius 3 is 2.89 bits per heavy atom. The van der Waals surface area contributed by atoms with Gasteiger partial charge >= 0.3 is 0 Å². The van der Waals surface area contributed by atoms with E-state index in [0.29, 0.717) is 11.0 Å². The molecule has 3 nitrogen and oxygen atoms in total. The Hall–Kier alpha value is -1.33. The van der Waals surface area contributed by atoms with Crippen LogP contribution in [0.5, 0.6) is 0 Å². The third-order valence-electron chi connectivity index (χ3n) is 2.66. The lowest BCUT2D eigenvalue weighted by Gasteiger charge is -2.14. The van der Waals surface area contributed by atoms with Crippen molar-refractivity contribution in [3.8, 4) is 0 Å². The minimum Gasteiger partial charge on any atom is -0.304 e. The van der Waals surface area contributed by atoms with Gasteiger partial charge in [-0.05, 0) is 52.7 Å². The van der Waals surface area contributed by atoms with Crippen LogP contribution in [-0.4, -0.2) is 10.2 Å². The van der Waals surface area contributed by atoms with Crippen molar-refractivity contribution in [3.05, 3.63) is 58.1 Å². The molecule has 0 aliphatic heterocycles. The third-order valence-corrected chi connectivity index (χ3v) is 3.27. The standard InChI is InChI=1S/C13H13BrFN3/c1-9(10-4-5-13(15)12(14)7-10)16-8-11-3-2-6-17-18-11/h2-7,9,16H,8H2,1H3. The maximum absolute atomic E-state index is 13.1. The molecule has 1 atom stereocenters. The van der Waals surface area contributed by atoms with E-state index in [1.807, 2.05) is 19.1 Å². The number of benzene rings is 1. The monoisotopic (exact) mass is 309 g/mol. The summed E-state index contributed by atoms with van der Waals surface area (Å²) in [5.41, 5.74) is 1.90. The molecule has 0 saturated heterocycles. The molecular weight excluding hydrogens is 297 g/mol. The molecule has 0 aliphatic carbocycles. The molecule has 18 heavy (non-hydrogen) atoms. The summed E-state index contributed by atoms with van der Waals surface area (Å²) in [6.45, 7) is 2.65. The van der Waals surface area contributed by atoms with Crippen molar-refractivity contribution in [1.82, 2.24) is 15.5 Å². The van der Waals surface area contributed by atoms with Gasteiger partial charge in [-0.25, -0.2) is 4.39 Å². The predicted octanol–water partition coefficient (Wildman–Crippen LogP) is 3.23. The van der Waals surface area contributed by atoms with E-state index in [0.717, 1.165) is 11.3 Å². The second-order valence-electron chi connectivity index (χ2n) is 3.99. The smallest absolute Gasteiger partial charge is 0.137 e. The first-order valence-corrected chi connectivity index (χ1v) is 6.41. The molecule has 0 amide bonds. The van der Waals surface area contributed by atoms with Crippen LogP contribution in [0.4, 0.5) is 4.39 Å². The lowest BCUT2D eigenvalue weighted by molar-refractivity contribution is 0.560. The Kier molecular flexibility index (Phi) is 4.38. The van der Waals surface area contributed by atoms with Crippen LogP contribution >= 0.6 is 15.9 Å². The fourth-order valence-electron chi connectivity index (χ4n) is 1.58. The summed E-state index contributed by atoms with van der Waals surface area (Å²) < 4.78 is 13.6. The van der Waals surface area contributed by atoms with Gasteiger partial charge in [-0.2, -0.15) is 10.2 Å². The van der Waals surface area contributed by atoms with E-state index in [1.54, 1.807) is 18.3 Å².